The van der Waals surface area contributed by atoms with Crippen LogP contribution < -0.4 is 20.7 Å². The molecular weight excluding hydrogens is 258 g/mol. The summed E-state index contributed by atoms with van der Waals surface area (Å²) in [4.78, 5) is 23.4. The minimum Gasteiger partial charge on any atom is -0.495 e. The van der Waals surface area contributed by atoms with Gasteiger partial charge < -0.3 is 15.4 Å². The Bertz CT molecular complexity index is 490. The number of rotatable bonds is 5. The lowest BCUT2D eigenvalue weighted by molar-refractivity contribution is -0.124. The third-order valence-corrected chi connectivity index (χ3v) is 3.18. The number of methoxy groups -OCH3 is 1. The number of ether oxygens (including phenoxy) is 1. The lowest BCUT2D eigenvalue weighted by atomic mass is 10.1. The van der Waals surface area contributed by atoms with Crippen molar-refractivity contribution in [3.63, 3.8) is 0 Å². The fraction of sp³-hybridized carbons (Fsp3) is 0.429. The minimum absolute atomic E-state index is 0.0404. The van der Waals surface area contributed by atoms with Gasteiger partial charge in [-0.3, -0.25) is 14.9 Å². The van der Waals surface area contributed by atoms with E-state index in [1.165, 1.54) is 0 Å². The van der Waals surface area contributed by atoms with Gasteiger partial charge in [0.25, 0.3) is 0 Å². The van der Waals surface area contributed by atoms with Crippen molar-refractivity contribution < 1.29 is 14.3 Å². The quantitative estimate of drug-likeness (QED) is 0.732. The van der Waals surface area contributed by atoms with E-state index in [-0.39, 0.29) is 24.4 Å². The number of para-hydroxylation sites is 2. The second kappa shape index (κ2) is 6.91. The van der Waals surface area contributed by atoms with Crippen LogP contribution in [0.15, 0.2) is 24.3 Å². The number of amides is 2. The third-order valence-electron chi connectivity index (χ3n) is 3.18. The van der Waals surface area contributed by atoms with Crippen molar-refractivity contribution in [2.45, 2.75) is 18.9 Å². The molecular formula is C14H19N3O3. The van der Waals surface area contributed by atoms with Crippen molar-refractivity contribution in [1.29, 1.82) is 0 Å². The monoisotopic (exact) mass is 277 g/mol. The molecule has 1 saturated heterocycles. The molecule has 2 rings (SSSR count). The van der Waals surface area contributed by atoms with Crippen LogP contribution in [0.3, 0.4) is 0 Å². The molecule has 0 spiro atoms. The van der Waals surface area contributed by atoms with Crippen LogP contribution in [0, 0.1) is 0 Å². The van der Waals surface area contributed by atoms with Crippen LogP contribution in [0.2, 0.25) is 0 Å². The van der Waals surface area contributed by atoms with Crippen molar-refractivity contribution in [2.24, 2.45) is 0 Å². The summed E-state index contributed by atoms with van der Waals surface area (Å²) in [7, 11) is 1.55. The summed E-state index contributed by atoms with van der Waals surface area (Å²) >= 11 is 0. The normalized spacial score (nSPS) is 18.2. The molecule has 1 aliphatic rings. The van der Waals surface area contributed by atoms with Crippen LogP contribution in [0.5, 0.6) is 5.75 Å². The van der Waals surface area contributed by atoms with Gasteiger partial charge in [0.2, 0.25) is 11.8 Å². The molecule has 1 aromatic carbocycles. The van der Waals surface area contributed by atoms with Crippen LogP contribution in [0.4, 0.5) is 5.69 Å². The standard InChI is InChI=1S/C14H19N3O3/c1-20-12-7-3-2-5-10(12)17-13(18)9-16-11-6-4-8-15-14(11)19/h2-3,5,7,11,16H,4,6,8-9H2,1H3,(H,15,19)(H,17,18). The predicted octanol–water partition coefficient (Wildman–Crippen LogP) is 0.502. The van der Waals surface area contributed by atoms with Crippen LogP contribution in [-0.4, -0.2) is 38.1 Å². The lowest BCUT2D eigenvalue weighted by Crippen LogP contribution is -2.50. The summed E-state index contributed by atoms with van der Waals surface area (Å²) in [5.74, 6) is 0.366. The highest BCUT2D eigenvalue weighted by Gasteiger charge is 2.21. The molecule has 20 heavy (non-hydrogen) atoms. The lowest BCUT2D eigenvalue weighted by Gasteiger charge is -2.22. The Morgan fingerprint density at radius 3 is 3.00 bits per heavy atom. The second-order valence-corrected chi connectivity index (χ2v) is 4.62. The number of hydrogen-bond acceptors (Lipinski definition) is 4. The molecule has 108 valence electrons. The van der Waals surface area contributed by atoms with E-state index in [1.54, 1.807) is 19.2 Å². The summed E-state index contributed by atoms with van der Waals surface area (Å²) in [6, 6.07) is 6.91. The molecule has 6 heteroatoms. The highest BCUT2D eigenvalue weighted by Crippen LogP contribution is 2.22. The Balaban J connectivity index is 1.84. The zero-order valence-corrected chi connectivity index (χ0v) is 11.4. The highest BCUT2D eigenvalue weighted by atomic mass is 16.5. The number of benzene rings is 1. The maximum Gasteiger partial charge on any atom is 0.238 e. The molecule has 1 fully saturated rings. The largest absolute Gasteiger partial charge is 0.495 e. The molecule has 6 nitrogen and oxygen atoms in total. The second-order valence-electron chi connectivity index (χ2n) is 4.62. The van der Waals surface area contributed by atoms with Crippen molar-refractivity contribution in [1.82, 2.24) is 10.6 Å². The summed E-state index contributed by atoms with van der Waals surface area (Å²) in [6.07, 6.45) is 1.69. The smallest absolute Gasteiger partial charge is 0.238 e. The van der Waals surface area contributed by atoms with Gasteiger partial charge in [0.15, 0.2) is 0 Å². The van der Waals surface area contributed by atoms with E-state index in [1.807, 2.05) is 12.1 Å². The van der Waals surface area contributed by atoms with Gasteiger partial charge in [-0.1, -0.05) is 12.1 Å². The van der Waals surface area contributed by atoms with Crippen LogP contribution in [-0.2, 0) is 9.59 Å². The van der Waals surface area contributed by atoms with E-state index in [9.17, 15) is 9.59 Å². The molecule has 2 amide bonds. The van der Waals surface area contributed by atoms with Crippen LogP contribution in [0.1, 0.15) is 12.8 Å². The number of hydrogen-bond donors (Lipinski definition) is 3. The van der Waals surface area contributed by atoms with Gasteiger partial charge in [0.1, 0.15) is 5.75 Å². The van der Waals surface area contributed by atoms with Gasteiger partial charge in [0, 0.05) is 6.54 Å². The number of carbonyl (C=O) groups excluding carboxylic acids is 2. The molecule has 0 aliphatic carbocycles. The number of nitrogens with one attached hydrogen (secondary N) is 3. The first-order valence-electron chi connectivity index (χ1n) is 6.64. The van der Waals surface area contributed by atoms with Crippen LogP contribution >= 0.6 is 0 Å². The molecule has 1 aromatic rings. The van der Waals surface area contributed by atoms with E-state index in [0.29, 0.717) is 18.0 Å². The number of carbonyl (C=O) groups is 2. The summed E-state index contributed by atoms with van der Waals surface area (Å²) in [5.41, 5.74) is 0.620. The maximum atomic E-state index is 11.9. The highest BCUT2D eigenvalue weighted by molar-refractivity contribution is 5.94. The Kier molecular flexibility index (Phi) is 4.95. The Labute approximate surface area is 117 Å². The summed E-state index contributed by atoms with van der Waals surface area (Å²) in [5, 5.41) is 8.49. The zero-order chi connectivity index (χ0) is 14.4. The molecule has 0 saturated carbocycles. The van der Waals surface area contributed by atoms with E-state index in [0.717, 1.165) is 12.8 Å². The van der Waals surface area contributed by atoms with Crippen LogP contribution in [0.25, 0.3) is 0 Å². The van der Waals surface area contributed by atoms with Crippen molar-refractivity contribution in [3.05, 3.63) is 24.3 Å². The van der Waals surface area contributed by atoms with Gasteiger partial charge in [-0.05, 0) is 25.0 Å². The molecule has 1 aliphatic heterocycles. The SMILES string of the molecule is COc1ccccc1NC(=O)CNC1CCCNC1=O. The van der Waals surface area contributed by atoms with Gasteiger partial charge in [-0.25, -0.2) is 0 Å². The van der Waals surface area contributed by atoms with E-state index in [4.69, 9.17) is 4.74 Å². The van der Waals surface area contributed by atoms with Crippen molar-refractivity contribution in [3.8, 4) is 5.75 Å². The topological polar surface area (TPSA) is 79.5 Å². The maximum absolute atomic E-state index is 11.9. The molecule has 3 N–H and O–H groups in total. The number of piperidine rings is 1. The molecule has 1 atom stereocenters. The Morgan fingerprint density at radius 2 is 2.25 bits per heavy atom. The van der Waals surface area contributed by atoms with Gasteiger partial charge >= 0.3 is 0 Å². The molecule has 0 bridgehead atoms. The van der Waals surface area contributed by atoms with E-state index in [2.05, 4.69) is 16.0 Å². The first-order chi connectivity index (χ1) is 9.70. The Morgan fingerprint density at radius 1 is 1.45 bits per heavy atom. The first kappa shape index (κ1) is 14.3. The first-order valence-corrected chi connectivity index (χ1v) is 6.64. The van der Waals surface area contributed by atoms with Crippen molar-refractivity contribution >= 4 is 17.5 Å². The molecule has 0 radical (unpaired) electrons. The summed E-state index contributed by atoms with van der Waals surface area (Å²) < 4.78 is 5.16. The predicted molar refractivity (Wildman–Crippen MR) is 75.7 cm³/mol. The van der Waals surface area contributed by atoms with E-state index >= 15 is 0 Å². The Hall–Kier alpha value is -2.08. The van der Waals surface area contributed by atoms with Gasteiger partial charge in [-0.15, -0.1) is 0 Å². The minimum atomic E-state index is -0.285. The zero-order valence-electron chi connectivity index (χ0n) is 11.4. The molecule has 0 aromatic heterocycles. The van der Waals surface area contributed by atoms with Crippen molar-refractivity contribution in [2.75, 3.05) is 25.5 Å². The summed E-state index contributed by atoms with van der Waals surface area (Å²) in [6.45, 7) is 0.806. The van der Waals surface area contributed by atoms with Gasteiger partial charge in [0.05, 0.1) is 25.4 Å². The average molecular weight is 277 g/mol. The molecule has 1 heterocycles. The average Bonchev–Trinajstić information content (AvgIpc) is 2.47. The third kappa shape index (κ3) is 3.71. The molecule has 1 unspecified atom stereocenters. The number of anilines is 1. The van der Waals surface area contributed by atoms with Gasteiger partial charge in [-0.2, -0.15) is 0 Å². The van der Waals surface area contributed by atoms with E-state index < -0.39 is 0 Å². The fourth-order valence-corrected chi connectivity index (χ4v) is 2.13. The fourth-order valence-electron chi connectivity index (χ4n) is 2.13.